The van der Waals surface area contributed by atoms with Gasteiger partial charge < -0.3 is 131 Å². The Kier molecular flexibility index (Phi) is 43.9. The van der Waals surface area contributed by atoms with Crippen LogP contribution >= 0.6 is 0 Å². The van der Waals surface area contributed by atoms with Gasteiger partial charge in [-0.1, -0.05) is 77.3 Å². The highest BCUT2D eigenvalue weighted by Gasteiger charge is 2.43. The van der Waals surface area contributed by atoms with Crippen molar-refractivity contribution in [2.75, 3.05) is 39.3 Å². The van der Waals surface area contributed by atoms with E-state index >= 15 is 0 Å². The van der Waals surface area contributed by atoms with Gasteiger partial charge in [-0.2, -0.15) is 0 Å². The van der Waals surface area contributed by atoms with Crippen LogP contribution in [-0.2, 0) is 87.9 Å². The number of carboxylic acid groups (broad SMARTS) is 1. The monoisotopic (exact) mass is 1720 g/mol. The summed E-state index contributed by atoms with van der Waals surface area (Å²) in [6, 6.07) is -7.19. The van der Waals surface area contributed by atoms with Gasteiger partial charge in [-0.05, 0) is 147 Å². The molecule has 1 aliphatic heterocycles. The van der Waals surface area contributed by atoms with Crippen molar-refractivity contribution in [3.05, 3.63) is 35.9 Å². The number of nitrogens with one attached hydrogen (secondary N) is 17. The Balaban J connectivity index is 1.18. The first-order valence-corrected chi connectivity index (χ1v) is 42.4. The maximum absolute atomic E-state index is 14.5. The van der Waals surface area contributed by atoms with Gasteiger partial charge >= 0.3 is 5.97 Å². The first-order chi connectivity index (χ1) is 57.7. The van der Waals surface area contributed by atoms with Gasteiger partial charge in [0, 0.05) is 56.1 Å². The Morgan fingerprint density at radius 3 is 1.39 bits per heavy atom. The molecule has 1 saturated heterocycles. The van der Waals surface area contributed by atoms with Gasteiger partial charge in [0.1, 0.15) is 67.0 Å². The van der Waals surface area contributed by atoms with Gasteiger partial charge in [-0.25, -0.2) is 0 Å². The summed E-state index contributed by atoms with van der Waals surface area (Å²) in [6.45, 7) is 11.0. The number of amides is 16. The number of nitrogens with two attached hydrogens (primary N) is 8. The Bertz CT molecular complexity index is 3690. The molecule has 1 aromatic rings. The molecule has 0 bridgehead atoms. The minimum atomic E-state index is -1.84. The van der Waals surface area contributed by atoms with Gasteiger partial charge in [0.25, 0.3) is 0 Å². The summed E-state index contributed by atoms with van der Waals surface area (Å²) < 4.78 is 0. The number of benzene rings is 1. The fourth-order valence-electron chi connectivity index (χ4n) is 15.5. The standard InChI is InChI=1S/C79H135N25O18/c1-40(2)31-45(34-62(106)91-39-63(107)95-60(36-64(108)109)74(119)93-43(6)67(112)102-58(33-44-17-8-7-9-18-44)76(121)104-59(35-61(82)105)77(122)99-54(65(83)110)26-15-29-89-78(84)85)94-72(117)55(22-10-11-28-80)100-69(114)47-20-13-25-53(47)98-75(120)57(32-41(3)4)103-70(115)48-21-14-24-52(48)97-73(118)56(27-16-30-90-79(86)87)101-68(113)46-19-12-23-51(46)96-66(111)42(5)92-71(116)49-37-88-38-50(49)81/h7-9,17-18,40-43,45-60,78-79,88-90H,10-16,19-39,80-81,84-87H2,1-6H3,(H2,82,105)(H2,83,110)(H,91,106)(H,92,116)(H,93,119)(H,94,117)(H,95,107)(H,96,111)(H,97,118)(H,98,120)(H,99,122)(H,100,114)(H,101,113)(H,102,112)(H,103,115)(H,104,121)(H,108,109)/t42-,43-,45-,46-,47-,48-,49-,50-,51-,52-,53-,54-,55-,56-,57-,58-,59-,60-/m0/s1. The van der Waals surface area contributed by atoms with E-state index in [1.165, 1.54) is 6.92 Å². The van der Waals surface area contributed by atoms with Gasteiger partial charge in [0.15, 0.2) is 0 Å². The number of carbonyl (C=O) groups excluding carboxylic acids is 16. The second-order valence-electron chi connectivity index (χ2n) is 33.2. The molecule has 122 heavy (non-hydrogen) atoms. The minimum Gasteiger partial charge on any atom is -0.481 e. The fourth-order valence-corrected chi connectivity index (χ4v) is 15.5. The summed E-state index contributed by atoms with van der Waals surface area (Å²) in [6.07, 6.45) is 2.16. The van der Waals surface area contributed by atoms with E-state index in [1.54, 1.807) is 37.3 Å². The number of carbonyl (C=O) groups is 17. The molecular weight excluding hydrogens is 1590 g/mol. The van der Waals surface area contributed by atoms with E-state index in [1.807, 2.05) is 27.7 Å². The highest BCUT2D eigenvalue weighted by Crippen LogP contribution is 2.30. The third-order valence-electron chi connectivity index (χ3n) is 21.9. The van der Waals surface area contributed by atoms with Gasteiger partial charge in [0.05, 0.1) is 43.1 Å². The lowest BCUT2D eigenvalue weighted by molar-refractivity contribution is -0.141. The Hall–Kier alpha value is -10.1. The van der Waals surface area contributed by atoms with Gasteiger partial charge in [0.2, 0.25) is 94.5 Å². The van der Waals surface area contributed by atoms with Crippen LogP contribution in [-0.4, -0.2) is 242 Å². The molecule has 3 saturated carbocycles. The molecule has 0 unspecified atom stereocenters. The van der Waals surface area contributed by atoms with Gasteiger partial charge in [-0.15, -0.1) is 0 Å². The summed E-state index contributed by atoms with van der Waals surface area (Å²) in [7, 11) is 0. The first kappa shape index (κ1) is 102. The zero-order valence-corrected chi connectivity index (χ0v) is 70.9. The van der Waals surface area contributed by atoms with E-state index < -0.39 is 241 Å². The van der Waals surface area contributed by atoms with Crippen LogP contribution in [0.3, 0.4) is 0 Å². The number of unbranched alkanes of at least 4 members (excludes halogenated alkanes) is 1. The predicted octanol–water partition coefficient (Wildman–Crippen LogP) is -7.78. The molecule has 5 rings (SSSR count). The van der Waals surface area contributed by atoms with Crippen LogP contribution in [0.5, 0.6) is 0 Å². The summed E-state index contributed by atoms with van der Waals surface area (Å²) in [5.74, 6) is -16.6. The number of carboxylic acids is 1. The van der Waals surface area contributed by atoms with Crippen molar-refractivity contribution >= 4 is 100 Å². The molecule has 4 fully saturated rings. The first-order valence-electron chi connectivity index (χ1n) is 42.4. The number of primary amides is 2. The number of hydrogen-bond donors (Lipinski definition) is 26. The zero-order valence-electron chi connectivity index (χ0n) is 70.9. The Morgan fingerprint density at radius 2 is 0.885 bits per heavy atom. The molecule has 1 aromatic carbocycles. The van der Waals surface area contributed by atoms with Gasteiger partial charge in [-0.3, -0.25) is 92.1 Å². The number of hydrogen-bond acceptors (Lipinski definition) is 26. The maximum atomic E-state index is 14.5. The van der Waals surface area contributed by atoms with Crippen molar-refractivity contribution in [1.82, 2.24) is 90.4 Å². The van der Waals surface area contributed by atoms with Crippen molar-refractivity contribution in [2.45, 2.75) is 280 Å². The SMILES string of the molecule is CC(C)C[C@@H](CC(=O)NCC(=O)N[C@@H](CC(=O)O)C(=O)N[C@@H](C)C(=O)N[C@@H](Cc1ccccc1)C(=O)N[C@@H](CC(N)=O)C(=O)N[C@@H](CCCNC(N)N)C(N)=O)NC(=O)[C@H](CCCCN)NC(=O)[C@H]1CCC[C@@H]1NC(=O)[C@H](CC(C)C)NC(=O)[C@H]1CCC[C@@H]1NC(=O)[C@H](CCCNC(N)N)NC(=O)[C@H]1CCC[C@@H]1NC(=O)[C@H](C)NC(=O)[C@H]1CNC[C@@H]1N. The van der Waals surface area contributed by atoms with E-state index in [0.717, 1.165) is 0 Å². The largest absolute Gasteiger partial charge is 0.481 e. The summed E-state index contributed by atoms with van der Waals surface area (Å²) in [4.78, 5) is 232. The third kappa shape index (κ3) is 36.1. The maximum Gasteiger partial charge on any atom is 0.305 e. The lowest BCUT2D eigenvalue weighted by Crippen LogP contribution is -2.59. The smallest absolute Gasteiger partial charge is 0.305 e. The highest BCUT2D eigenvalue weighted by atomic mass is 16.4. The van der Waals surface area contributed by atoms with E-state index in [4.69, 9.17) is 45.9 Å². The van der Waals surface area contributed by atoms with Crippen molar-refractivity contribution < 1.29 is 86.6 Å². The van der Waals surface area contributed by atoms with E-state index in [2.05, 4.69) is 90.4 Å². The molecule has 1 heterocycles. The quantitative estimate of drug-likeness (QED) is 0.0213. The normalized spacial score (nSPS) is 21.1. The average Bonchev–Trinajstić information content (AvgIpc) is 1.57. The molecule has 43 nitrogen and oxygen atoms in total. The average molecular weight is 1720 g/mol. The number of aliphatic carboxylic acids is 1. The van der Waals surface area contributed by atoms with E-state index in [9.17, 15) is 86.6 Å². The van der Waals surface area contributed by atoms with Crippen molar-refractivity contribution in [1.29, 1.82) is 0 Å². The molecule has 0 aromatic heterocycles. The number of rotatable bonds is 54. The van der Waals surface area contributed by atoms with Crippen LogP contribution in [0.25, 0.3) is 0 Å². The summed E-state index contributed by atoms with van der Waals surface area (Å²) >= 11 is 0. The van der Waals surface area contributed by atoms with Crippen LogP contribution < -0.4 is 136 Å². The van der Waals surface area contributed by atoms with E-state index in [-0.39, 0.29) is 75.8 Å². The van der Waals surface area contributed by atoms with Crippen molar-refractivity contribution in [2.24, 2.45) is 81.4 Å². The molecule has 16 amide bonds. The molecule has 43 heteroatoms. The Morgan fingerprint density at radius 1 is 0.434 bits per heavy atom. The lowest BCUT2D eigenvalue weighted by atomic mass is 9.97. The summed E-state index contributed by atoms with van der Waals surface area (Å²) in [5.41, 5.74) is 45.8. The van der Waals surface area contributed by atoms with Crippen LogP contribution in [0.4, 0.5) is 0 Å². The highest BCUT2D eigenvalue weighted by molar-refractivity contribution is 5.99. The summed E-state index contributed by atoms with van der Waals surface area (Å²) in [5, 5.41) is 56.1. The van der Waals surface area contributed by atoms with Crippen LogP contribution in [0.1, 0.15) is 182 Å². The predicted molar refractivity (Wildman–Crippen MR) is 446 cm³/mol. The second kappa shape index (κ2) is 52.3. The Labute approximate surface area is 711 Å². The van der Waals surface area contributed by atoms with Crippen LogP contribution in [0, 0.1) is 35.5 Å². The van der Waals surface area contributed by atoms with E-state index in [0.29, 0.717) is 102 Å². The van der Waals surface area contributed by atoms with Crippen molar-refractivity contribution in [3.63, 3.8) is 0 Å². The second-order valence-corrected chi connectivity index (χ2v) is 33.2. The third-order valence-corrected chi connectivity index (χ3v) is 21.9. The van der Waals surface area contributed by atoms with Crippen LogP contribution in [0.15, 0.2) is 30.3 Å². The molecule has 4 aliphatic rings. The molecule has 18 atom stereocenters. The fraction of sp³-hybridized carbons (Fsp3) is 0.709. The minimum absolute atomic E-state index is 0.000410. The molecule has 684 valence electrons. The molecule has 34 N–H and O–H groups in total. The molecule has 3 aliphatic carbocycles. The zero-order chi connectivity index (χ0) is 90.4. The molecular formula is C79H135N25O18. The van der Waals surface area contributed by atoms with Crippen molar-refractivity contribution in [3.8, 4) is 0 Å². The topological polar surface area (TPSA) is 723 Å². The lowest BCUT2D eigenvalue weighted by Gasteiger charge is -2.29. The molecule has 0 radical (unpaired) electrons. The van der Waals surface area contributed by atoms with Crippen LogP contribution in [0.2, 0.25) is 0 Å². The molecule has 0 spiro atoms.